The van der Waals surface area contributed by atoms with Crippen LogP contribution in [0.3, 0.4) is 0 Å². The maximum Gasteiger partial charge on any atom is 0.0923 e. The molecular weight excluding hydrogens is 260 g/mol. The van der Waals surface area contributed by atoms with E-state index in [1.54, 1.807) is 0 Å². The van der Waals surface area contributed by atoms with E-state index in [-0.39, 0.29) is 5.60 Å². The number of ether oxygens (including phenoxy) is 2. The number of hydrogen-bond acceptors (Lipinski definition) is 2. The lowest BCUT2D eigenvalue weighted by Crippen LogP contribution is -2.65. The van der Waals surface area contributed by atoms with E-state index in [0.29, 0.717) is 22.9 Å². The summed E-state index contributed by atoms with van der Waals surface area (Å²) in [5.74, 6) is 1.44. The van der Waals surface area contributed by atoms with Gasteiger partial charge in [0, 0.05) is 12.5 Å². The van der Waals surface area contributed by atoms with Crippen molar-refractivity contribution in [3.63, 3.8) is 0 Å². The lowest BCUT2D eigenvalue weighted by atomic mass is 9.35. The van der Waals surface area contributed by atoms with E-state index in [9.17, 15) is 0 Å². The first-order valence-electron chi connectivity index (χ1n) is 8.80. The van der Waals surface area contributed by atoms with E-state index in [1.807, 2.05) is 7.11 Å². The molecule has 0 N–H and O–H groups in total. The average molecular weight is 290 g/mol. The molecule has 4 aliphatic rings. The second kappa shape index (κ2) is 4.35. The van der Waals surface area contributed by atoms with Crippen LogP contribution in [0.2, 0.25) is 0 Å². The maximum absolute atomic E-state index is 6.10. The minimum absolute atomic E-state index is 0.147. The van der Waals surface area contributed by atoms with Gasteiger partial charge in [-0.15, -0.1) is 0 Å². The third kappa shape index (κ3) is 1.72. The molecule has 1 heterocycles. The lowest BCUT2D eigenvalue weighted by Gasteiger charge is -2.69. The standard InChI is InChI=1S/C19H30O2/c1-13-7-8-16-18(3,21-16)10-14-6-5-9-17(2)11-15(13)19(14,17)12-20-4/h14-16H,1,5-12H2,2-4H3/t14-,15-,16+,17+,18-,19-/m1/s1. The van der Waals surface area contributed by atoms with E-state index in [0.717, 1.165) is 18.9 Å². The van der Waals surface area contributed by atoms with Crippen LogP contribution in [-0.4, -0.2) is 25.4 Å². The fraction of sp³-hybridized carbons (Fsp3) is 0.895. The molecule has 0 amide bonds. The molecule has 0 aromatic heterocycles. The average Bonchev–Trinajstić information content (AvgIpc) is 3.06. The first-order chi connectivity index (χ1) is 9.95. The summed E-state index contributed by atoms with van der Waals surface area (Å²) in [6.45, 7) is 10.3. The molecule has 0 aromatic carbocycles. The van der Waals surface area contributed by atoms with Crippen molar-refractivity contribution in [2.75, 3.05) is 13.7 Å². The Hall–Kier alpha value is -0.340. The highest BCUT2D eigenvalue weighted by Gasteiger charge is 2.69. The van der Waals surface area contributed by atoms with Gasteiger partial charge in [0.1, 0.15) is 0 Å². The summed E-state index contributed by atoms with van der Waals surface area (Å²) < 4.78 is 11.9. The number of allylic oxidation sites excluding steroid dienone is 1. The van der Waals surface area contributed by atoms with Crippen LogP contribution in [0.15, 0.2) is 12.2 Å². The summed E-state index contributed by atoms with van der Waals surface area (Å²) in [7, 11) is 1.89. The largest absolute Gasteiger partial charge is 0.384 e. The van der Waals surface area contributed by atoms with Crippen molar-refractivity contribution in [2.45, 2.75) is 70.5 Å². The fourth-order valence-corrected chi connectivity index (χ4v) is 6.46. The highest BCUT2D eigenvalue weighted by Crippen LogP contribution is 2.73. The van der Waals surface area contributed by atoms with E-state index in [1.165, 1.54) is 44.1 Å². The minimum Gasteiger partial charge on any atom is -0.384 e. The van der Waals surface area contributed by atoms with Crippen molar-refractivity contribution in [2.24, 2.45) is 22.7 Å². The molecular formula is C19H30O2. The molecule has 21 heavy (non-hydrogen) atoms. The summed E-state index contributed by atoms with van der Waals surface area (Å²) in [5, 5.41) is 0. The van der Waals surface area contributed by atoms with Crippen molar-refractivity contribution in [1.82, 2.24) is 0 Å². The SMILES string of the molecule is C=C1CC[C@@H]2O[C@]2(C)C[C@H]2CCC[C@@]3(C)C[C@H]1[C@@]23COC. The number of methoxy groups -OCH3 is 1. The van der Waals surface area contributed by atoms with Gasteiger partial charge in [0.2, 0.25) is 0 Å². The quantitative estimate of drug-likeness (QED) is 0.557. The molecule has 118 valence electrons. The molecule has 0 radical (unpaired) electrons. The number of epoxide rings is 1. The van der Waals surface area contributed by atoms with Gasteiger partial charge in [0.05, 0.1) is 18.3 Å². The normalized spacial score (nSPS) is 55.4. The molecule has 0 aromatic rings. The molecule has 2 heteroatoms. The zero-order chi connectivity index (χ0) is 14.9. The van der Waals surface area contributed by atoms with Crippen LogP contribution >= 0.6 is 0 Å². The van der Waals surface area contributed by atoms with Gasteiger partial charge in [-0.2, -0.15) is 0 Å². The Bertz CT molecular complexity index is 472. The first-order valence-corrected chi connectivity index (χ1v) is 8.80. The summed E-state index contributed by atoms with van der Waals surface area (Å²) in [6, 6.07) is 0. The number of fused-ring (bicyclic) bond motifs is 1. The predicted molar refractivity (Wildman–Crippen MR) is 84.1 cm³/mol. The lowest BCUT2D eigenvalue weighted by molar-refractivity contribution is -0.219. The molecule has 1 aliphatic heterocycles. The van der Waals surface area contributed by atoms with Crippen molar-refractivity contribution in [3.05, 3.63) is 12.2 Å². The van der Waals surface area contributed by atoms with E-state index in [4.69, 9.17) is 9.47 Å². The third-order valence-electron chi connectivity index (χ3n) is 7.70. The minimum atomic E-state index is 0.147. The molecule has 0 spiro atoms. The van der Waals surface area contributed by atoms with Gasteiger partial charge in [-0.1, -0.05) is 25.5 Å². The van der Waals surface area contributed by atoms with Gasteiger partial charge in [0.15, 0.2) is 0 Å². The number of rotatable bonds is 2. The van der Waals surface area contributed by atoms with Crippen molar-refractivity contribution < 1.29 is 9.47 Å². The Morgan fingerprint density at radius 1 is 1.29 bits per heavy atom. The Kier molecular flexibility index (Phi) is 2.96. The van der Waals surface area contributed by atoms with E-state index >= 15 is 0 Å². The predicted octanol–water partition coefficient (Wildman–Crippen LogP) is 4.34. The summed E-state index contributed by atoms with van der Waals surface area (Å²) >= 11 is 0. The Balaban J connectivity index is 1.75. The summed E-state index contributed by atoms with van der Waals surface area (Å²) in [6.07, 6.45) is 9.50. The molecule has 3 saturated carbocycles. The third-order valence-corrected chi connectivity index (χ3v) is 7.70. The molecule has 1 saturated heterocycles. The van der Waals surface area contributed by atoms with Gasteiger partial charge in [-0.25, -0.2) is 0 Å². The Morgan fingerprint density at radius 2 is 2.10 bits per heavy atom. The number of hydrogen-bond donors (Lipinski definition) is 0. The Labute approximate surface area is 129 Å². The summed E-state index contributed by atoms with van der Waals surface area (Å²) in [5.41, 5.74) is 2.43. The van der Waals surface area contributed by atoms with Crippen molar-refractivity contribution in [1.29, 1.82) is 0 Å². The molecule has 6 atom stereocenters. The van der Waals surface area contributed by atoms with Gasteiger partial charge >= 0.3 is 0 Å². The molecule has 0 bridgehead atoms. The van der Waals surface area contributed by atoms with E-state index in [2.05, 4.69) is 20.4 Å². The zero-order valence-corrected chi connectivity index (χ0v) is 13.9. The van der Waals surface area contributed by atoms with Crippen LogP contribution < -0.4 is 0 Å². The molecule has 4 fully saturated rings. The fourth-order valence-electron chi connectivity index (χ4n) is 6.46. The van der Waals surface area contributed by atoms with Crippen molar-refractivity contribution in [3.8, 4) is 0 Å². The van der Waals surface area contributed by atoms with Crippen LogP contribution in [0.25, 0.3) is 0 Å². The molecule has 0 unspecified atom stereocenters. The first kappa shape index (κ1) is 14.3. The highest BCUT2D eigenvalue weighted by atomic mass is 16.6. The molecule has 2 nitrogen and oxygen atoms in total. The Morgan fingerprint density at radius 3 is 2.86 bits per heavy atom. The molecule has 4 rings (SSSR count). The highest BCUT2D eigenvalue weighted by molar-refractivity contribution is 5.26. The van der Waals surface area contributed by atoms with Gasteiger partial charge < -0.3 is 9.47 Å². The van der Waals surface area contributed by atoms with E-state index < -0.39 is 0 Å². The van der Waals surface area contributed by atoms with Crippen LogP contribution in [-0.2, 0) is 9.47 Å². The van der Waals surface area contributed by atoms with Crippen molar-refractivity contribution >= 4 is 0 Å². The maximum atomic E-state index is 6.10. The smallest absolute Gasteiger partial charge is 0.0923 e. The van der Waals surface area contributed by atoms with Crippen LogP contribution in [0.1, 0.15) is 58.8 Å². The van der Waals surface area contributed by atoms with Gasteiger partial charge in [-0.3, -0.25) is 0 Å². The molecule has 3 aliphatic carbocycles. The summed E-state index contributed by atoms with van der Waals surface area (Å²) in [4.78, 5) is 0. The topological polar surface area (TPSA) is 21.8 Å². The van der Waals surface area contributed by atoms with Crippen LogP contribution in [0.4, 0.5) is 0 Å². The second-order valence-corrected chi connectivity index (χ2v) is 8.70. The second-order valence-electron chi connectivity index (χ2n) is 8.70. The van der Waals surface area contributed by atoms with Crippen LogP contribution in [0.5, 0.6) is 0 Å². The van der Waals surface area contributed by atoms with Gasteiger partial charge in [-0.05, 0) is 62.7 Å². The van der Waals surface area contributed by atoms with Gasteiger partial charge in [0.25, 0.3) is 0 Å². The van der Waals surface area contributed by atoms with Crippen LogP contribution in [0, 0.1) is 22.7 Å². The zero-order valence-electron chi connectivity index (χ0n) is 13.9. The monoisotopic (exact) mass is 290 g/mol.